The fourth-order valence-corrected chi connectivity index (χ4v) is 6.62. The number of unbranched alkanes of at least 4 members (excludes halogenated alkanes) is 1. The van der Waals surface area contributed by atoms with Crippen molar-refractivity contribution in [2.45, 2.75) is 111 Å². The van der Waals surface area contributed by atoms with Gasteiger partial charge in [0.25, 0.3) is 0 Å². The first-order valence-corrected chi connectivity index (χ1v) is 15.6. The molecule has 0 spiro atoms. The van der Waals surface area contributed by atoms with Crippen LogP contribution in [0.5, 0.6) is 5.75 Å². The van der Waals surface area contributed by atoms with Crippen LogP contribution in [0.4, 0.5) is 0 Å². The van der Waals surface area contributed by atoms with Crippen LogP contribution in [0.3, 0.4) is 0 Å². The van der Waals surface area contributed by atoms with Crippen LogP contribution in [0, 0.1) is 23.7 Å². The Morgan fingerprint density at radius 2 is 1.85 bits per heavy atom. The van der Waals surface area contributed by atoms with Crippen LogP contribution in [0.15, 0.2) is 24.3 Å². The number of nitrogens with one attached hydrogen (secondary N) is 4. The molecule has 2 aliphatic rings. The second-order valence-corrected chi connectivity index (χ2v) is 12.7. The molecule has 0 bridgehead atoms. The molecule has 2 heterocycles. The Bertz CT molecular complexity index is 937. The molecule has 7 unspecified atom stereocenters. The van der Waals surface area contributed by atoms with Gasteiger partial charge in [0.1, 0.15) is 5.75 Å². The van der Waals surface area contributed by atoms with Crippen molar-refractivity contribution >= 4 is 11.8 Å². The third-order valence-corrected chi connectivity index (χ3v) is 8.72. The van der Waals surface area contributed by atoms with E-state index < -0.39 is 0 Å². The minimum absolute atomic E-state index is 0.0437. The molecule has 0 radical (unpaired) electrons. The molecular formula is C32H55N5O3. The first-order chi connectivity index (χ1) is 19.0. The summed E-state index contributed by atoms with van der Waals surface area (Å²) < 4.78 is 5.89. The van der Waals surface area contributed by atoms with Gasteiger partial charge in [-0.05, 0) is 90.5 Å². The number of hydrogen-bond donors (Lipinski definition) is 4. The second kappa shape index (κ2) is 15.2. The largest absolute Gasteiger partial charge is 0.491 e. The Kier molecular flexibility index (Phi) is 12.3. The smallest absolute Gasteiger partial charge is 0.225 e. The van der Waals surface area contributed by atoms with E-state index >= 15 is 0 Å². The zero-order valence-corrected chi connectivity index (χ0v) is 26.1. The number of ether oxygens (including phenoxy) is 1. The summed E-state index contributed by atoms with van der Waals surface area (Å²) in [5.41, 5.74) is 4.81. The third kappa shape index (κ3) is 8.43. The minimum Gasteiger partial charge on any atom is -0.491 e. The molecule has 40 heavy (non-hydrogen) atoms. The zero-order valence-electron chi connectivity index (χ0n) is 26.1. The molecular weight excluding hydrogens is 502 g/mol. The van der Waals surface area contributed by atoms with Crippen LogP contribution in [0.2, 0.25) is 0 Å². The number of hydrogen-bond acceptors (Lipinski definition) is 6. The molecule has 2 amide bonds. The van der Waals surface area contributed by atoms with Crippen molar-refractivity contribution < 1.29 is 14.3 Å². The topological polar surface area (TPSA) is 94.7 Å². The Labute approximate surface area is 242 Å². The van der Waals surface area contributed by atoms with Crippen molar-refractivity contribution in [2.24, 2.45) is 23.7 Å². The molecule has 7 atom stereocenters. The van der Waals surface area contributed by atoms with E-state index in [0.717, 1.165) is 44.4 Å². The Morgan fingerprint density at radius 1 is 1.15 bits per heavy atom. The highest BCUT2D eigenvalue weighted by molar-refractivity contribution is 5.83. The molecule has 0 aliphatic carbocycles. The zero-order chi connectivity index (χ0) is 29.4. The number of carbonyl (C=O) groups is 2. The summed E-state index contributed by atoms with van der Waals surface area (Å²) in [5.74, 6) is 1.17. The number of benzene rings is 1. The molecule has 0 saturated carbocycles. The predicted molar refractivity (Wildman–Crippen MR) is 162 cm³/mol. The van der Waals surface area contributed by atoms with Gasteiger partial charge in [-0.15, -0.1) is 0 Å². The van der Waals surface area contributed by atoms with E-state index in [1.807, 2.05) is 27.8 Å². The summed E-state index contributed by atoms with van der Waals surface area (Å²) in [5, 5.41) is 12.0. The van der Waals surface area contributed by atoms with E-state index in [1.165, 1.54) is 5.56 Å². The van der Waals surface area contributed by atoms with Gasteiger partial charge in [0, 0.05) is 37.0 Å². The summed E-state index contributed by atoms with van der Waals surface area (Å²) in [6.07, 6.45) is 5.12. The fraction of sp³-hybridized carbons (Fsp3) is 0.750. The lowest BCUT2D eigenvalue weighted by atomic mass is 9.78. The molecule has 0 aromatic heterocycles. The van der Waals surface area contributed by atoms with Crippen molar-refractivity contribution in [3.05, 3.63) is 29.8 Å². The maximum Gasteiger partial charge on any atom is 0.225 e. The van der Waals surface area contributed by atoms with Crippen LogP contribution in [0.25, 0.3) is 0 Å². The quantitative estimate of drug-likeness (QED) is 0.271. The monoisotopic (exact) mass is 557 g/mol. The van der Waals surface area contributed by atoms with Crippen molar-refractivity contribution in [3.63, 3.8) is 0 Å². The van der Waals surface area contributed by atoms with Gasteiger partial charge in [-0.2, -0.15) is 0 Å². The van der Waals surface area contributed by atoms with Gasteiger partial charge in [0.05, 0.1) is 18.2 Å². The molecule has 8 heteroatoms. The summed E-state index contributed by atoms with van der Waals surface area (Å²) in [6.45, 7) is 15.9. The van der Waals surface area contributed by atoms with Crippen molar-refractivity contribution in [1.82, 2.24) is 26.4 Å². The molecule has 226 valence electrons. The molecule has 1 aromatic carbocycles. The van der Waals surface area contributed by atoms with Gasteiger partial charge >= 0.3 is 0 Å². The highest BCUT2D eigenvalue weighted by Crippen LogP contribution is 2.36. The minimum atomic E-state index is -0.206. The van der Waals surface area contributed by atoms with E-state index in [-0.39, 0.29) is 59.7 Å². The Hall–Kier alpha value is -2.16. The number of rotatable bonds is 14. The van der Waals surface area contributed by atoms with Crippen LogP contribution in [-0.2, 0) is 9.59 Å². The number of nitrogens with zero attached hydrogens (tertiary/aromatic N) is 1. The second-order valence-electron chi connectivity index (χ2n) is 12.7. The lowest BCUT2D eigenvalue weighted by Crippen LogP contribution is -2.53. The summed E-state index contributed by atoms with van der Waals surface area (Å²) >= 11 is 0. The van der Waals surface area contributed by atoms with E-state index in [4.69, 9.17) is 4.74 Å². The van der Waals surface area contributed by atoms with E-state index in [9.17, 15) is 9.59 Å². The van der Waals surface area contributed by atoms with Gasteiger partial charge < -0.3 is 20.7 Å². The van der Waals surface area contributed by atoms with E-state index in [0.29, 0.717) is 12.6 Å². The Morgan fingerprint density at radius 3 is 2.42 bits per heavy atom. The van der Waals surface area contributed by atoms with Gasteiger partial charge in [-0.3, -0.25) is 15.0 Å². The standard InChI is InChI=1S/C32H55N5O3/c1-9-10-11-25(24-12-14-26(15-13-24)40-21(4)5)17-27(29-19-35-37(20(2)3)30(29)33-8)31(38)34-18-28-22(6)16-23(7)36-32(28)39/h12-15,20-23,25,27-30,33,35H,9-11,16-19H2,1-8H3,(H,34,38)(H,36,39). The third-order valence-electron chi connectivity index (χ3n) is 8.72. The first-order valence-electron chi connectivity index (χ1n) is 15.6. The number of hydrazine groups is 1. The molecule has 1 aromatic rings. The van der Waals surface area contributed by atoms with Crippen LogP contribution >= 0.6 is 0 Å². The van der Waals surface area contributed by atoms with Crippen LogP contribution < -0.4 is 26.1 Å². The first kappa shape index (κ1) is 32.4. The molecule has 4 N–H and O–H groups in total. The normalized spacial score (nSPS) is 27.1. The van der Waals surface area contributed by atoms with Gasteiger partial charge in [0.2, 0.25) is 11.8 Å². The summed E-state index contributed by atoms with van der Waals surface area (Å²) in [6, 6.07) is 8.94. The average molecular weight is 558 g/mol. The summed E-state index contributed by atoms with van der Waals surface area (Å²) in [4.78, 5) is 26.8. The van der Waals surface area contributed by atoms with E-state index in [1.54, 1.807) is 0 Å². The molecule has 2 fully saturated rings. The molecule has 2 saturated heterocycles. The van der Waals surface area contributed by atoms with Gasteiger partial charge in [-0.1, -0.05) is 38.8 Å². The molecule has 8 nitrogen and oxygen atoms in total. The lowest BCUT2D eigenvalue weighted by Gasteiger charge is -2.35. The predicted octanol–water partition coefficient (Wildman–Crippen LogP) is 4.42. The van der Waals surface area contributed by atoms with Gasteiger partial charge in [-0.25, -0.2) is 5.01 Å². The van der Waals surface area contributed by atoms with Crippen molar-refractivity contribution in [1.29, 1.82) is 0 Å². The SMILES string of the molecule is CCCCC(CC(C(=O)NCC1C(=O)NC(C)CC1C)C1CNN(C(C)C)C1NC)c1ccc(OC(C)C)cc1. The lowest BCUT2D eigenvalue weighted by molar-refractivity contribution is -0.131. The molecule has 2 aliphatic heterocycles. The maximum atomic E-state index is 14.1. The van der Waals surface area contributed by atoms with Gasteiger partial charge in [0.15, 0.2) is 0 Å². The van der Waals surface area contributed by atoms with Crippen LogP contribution in [0.1, 0.15) is 92.1 Å². The maximum absolute atomic E-state index is 14.1. The fourth-order valence-electron chi connectivity index (χ4n) is 6.62. The summed E-state index contributed by atoms with van der Waals surface area (Å²) in [7, 11) is 1.98. The highest BCUT2D eigenvalue weighted by Gasteiger charge is 2.43. The number of piperidine rings is 1. The molecule has 3 rings (SSSR count). The van der Waals surface area contributed by atoms with Crippen molar-refractivity contribution in [2.75, 3.05) is 20.1 Å². The highest BCUT2D eigenvalue weighted by atomic mass is 16.5. The van der Waals surface area contributed by atoms with Crippen molar-refractivity contribution in [3.8, 4) is 5.75 Å². The number of carbonyl (C=O) groups excluding carboxylic acids is 2. The number of amides is 2. The average Bonchev–Trinajstić information content (AvgIpc) is 3.32. The van der Waals surface area contributed by atoms with E-state index in [2.05, 4.69) is 78.3 Å². The van der Waals surface area contributed by atoms with Crippen LogP contribution in [-0.4, -0.2) is 61.3 Å². The Balaban J connectivity index is 1.85.